The molecule has 0 aliphatic heterocycles. The fourth-order valence-corrected chi connectivity index (χ4v) is 3.27. The molecule has 3 aromatic heterocycles. The van der Waals surface area contributed by atoms with Gasteiger partial charge in [0.15, 0.2) is 5.65 Å². The second-order valence-electron chi connectivity index (χ2n) is 3.60. The Morgan fingerprint density at radius 2 is 2.26 bits per heavy atom. The molecule has 0 amide bonds. The van der Waals surface area contributed by atoms with Crippen LogP contribution >= 0.6 is 23.1 Å². The Morgan fingerprint density at radius 3 is 3.16 bits per heavy atom. The minimum Gasteiger partial charge on any atom is -0.360 e. The van der Waals surface area contributed by atoms with Gasteiger partial charge < -0.3 is 10.3 Å². The van der Waals surface area contributed by atoms with Gasteiger partial charge in [-0.2, -0.15) is 0 Å². The van der Waals surface area contributed by atoms with E-state index in [1.54, 1.807) is 29.4 Å². The Balaban J connectivity index is 1.73. The third-order valence-electron chi connectivity index (χ3n) is 2.32. The van der Waals surface area contributed by atoms with Crippen LogP contribution in [0.25, 0.3) is 11.2 Å². The van der Waals surface area contributed by atoms with Gasteiger partial charge in [-0.05, 0) is 6.92 Å². The van der Waals surface area contributed by atoms with Gasteiger partial charge >= 0.3 is 0 Å². The average molecular weight is 293 g/mol. The normalized spacial score (nSPS) is 11.0. The first-order chi connectivity index (χ1) is 9.36. The first kappa shape index (κ1) is 12.3. The van der Waals surface area contributed by atoms with Gasteiger partial charge in [-0.25, -0.2) is 15.0 Å². The highest BCUT2D eigenvalue weighted by Crippen LogP contribution is 2.27. The second-order valence-corrected chi connectivity index (χ2v) is 5.63. The lowest BCUT2D eigenvalue weighted by molar-refractivity contribution is 1.02. The zero-order valence-corrected chi connectivity index (χ0v) is 11.8. The molecule has 3 rings (SSSR count). The van der Waals surface area contributed by atoms with Crippen LogP contribution < -0.4 is 5.32 Å². The van der Waals surface area contributed by atoms with E-state index in [4.69, 9.17) is 0 Å². The Labute approximate surface area is 117 Å². The summed E-state index contributed by atoms with van der Waals surface area (Å²) in [6.45, 7) is 2.88. The number of nitrogens with zero attached hydrogens (tertiary/aromatic N) is 5. The van der Waals surface area contributed by atoms with Crippen LogP contribution in [0.3, 0.4) is 0 Å². The monoisotopic (exact) mass is 293 g/mol. The van der Waals surface area contributed by atoms with Gasteiger partial charge in [0.25, 0.3) is 0 Å². The molecule has 0 unspecified atom stereocenters. The van der Waals surface area contributed by atoms with E-state index in [0.29, 0.717) is 5.65 Å². The largest absolute Gasteiger partial charge is 0.360 e. The molecule has 7 nitrogen and oxygen atoms in total. The molecule has 0 saturated heterocycles. The molecule has 0 saturated carbocycles. The van der Waals surface area contributed by atoms with Crippen molar-refractivity contribution in [1.29, 1.82) is 0 Å². The smallest absolute Gasteiger partial charge is 0.205 e. The van der Waals surface area contributed by atoms with E-state index >= 15 is 0 Å². The first-order valence-corrected chi connectivity index (χ1v) is 7.50. The molecule has 3 heterocycles. The van der Waals surface area contributed by atoms with E-state index in [1.807, 2.05) is 6.92 Å². The van der Waals surface area contributed by atoms with Crippen LogP contribution in [0.15, 0.2) is 17.7 Å². The summed E-state index contributed by atoms with van der Waals surface area (Å²) in [6, 6.07) is 0. The van der Waals surface area contributed by atoms with E-state index < -0.39 is 0 Å². The quantitative estimate of drug-likeness (QED) is 0.548. The van der Waals surface area contributed by atoms with Crippen LogP contribution in [0.2, 0.25) is 0 Å². The molecule has 0 spiro atoms. The van der Waals surface area contributed by atoms with E-state index in [0.717, 1.165) is 33.0 Å². The van der Waals surface area contributed by atoms with Crippen LogP contribution in [0.1, 0.15) is 11.9 Å². The van der Waals surface area contributed by atoms with Crippen molar-refractivity contribution in [2.45, 2.75) is 17.7 Å². The fourth-order valence-electron chi connectivity index (χ4n) is 1.52. The maximum Gasteiger partial charge on any atom is 0.205 e. The second kappa shape index (κ2) is 5.49. The summed E-state index contributed by atoms with van der Waals surface area (Å²) in [5.41, 5.74) is 1.55. The van der Waals surface area contributed by atoms with Crippen molar-refractivity contribution < 1.29 is 0 Å². The summed E-state index contributed by atoms with van der Waals surface area (Å²) in [5.74, 6) is 0.730. The lowest BCUT2D eigenvalue weighted by atomic mass is 10.6. The van der Waals surface area contributed by atoms with Gasteiger partial charge in [-0.1, -0.05) is 23.1 Å². The molecular weight excluding hydrogens is 282 g/mol. The number of aromatic nitrogens is 6. The third kappa shape index (κ3) is 2.66. The van der Waals surface area contributed by atoms with Gasteiger partial charge in [0.2, 0.25) is 5.13 Å². The zero-order chi connectivity index (χ0) is 13.1. The van der Waals surface area contributed by atoms with Gasteiger partial charge in [0, 0.05) is 6.54 Å². The average Bonchev–Trinajstić information content (AvgIpc) is 3.05. The molecular formula is C10H11N7S2. The predicted octanol–water partition coefficient (Wildman–Crippen LogP) is 1.93. The van der Waals surface area contributed by atoms with Gasteiger partial charge in [0.05, 0.1) is 12.1 Å². The number of thioether (sulfide) groups is 1. The molecule has 19 heavy (non-hydrogen) atoms. The first-order valence-electron chi connectivity index (χ1n) is 5.70. The van der Waals surface area contributed by atoms with Crippen molar-refractivity contribution in [2.75, 3.05) is 11.9 Å². The highest BCUT2D eigenvalue weighted by molar-refractivity contribution is 7.98. The van der Waals surface area contributed by atoms with Crippen LogP contribution in [-0.2, 0) is 5.75 Å². The molecule has 0 aliphatic rings. The number of fused-ring (bicyclic) bond motifs is 1. The number of imidazole rings is 1. The van der Waals surface area contributed by atoms with Crippen LogP contribution in [-0.4, -0.2) is 36.7 Å². The van der Waals surface area contributed by atoms with Crippen LogP contribution in [0, 0.1) is 0 Å². The van der Waals surface area contributed by atoms with E-state index in [2.05, 4.69) is 35.5 Å². The molecule has 0 fully saturated rings. The van der Waals surface area contributed by atoms with Gasteiger partial charge in [0.1, 0.15) is 21.9 Å². The maximum atomic E-state index is 4.26. The maximum absolute atomic E-state index is 4.26. The summed E-state index contributed by atoms with van der Waals surface area (Å²) >= 11 is 3.16. The van der Waals surface area contributed by atoms with Crippen molar-refractivity contribution in [3.05, 3.63) is 17.7 Å². The van der Waals surface area contributed by atoms with E-state index in [1.165, 1.54) is 6.33 Å². The molecule has 0 radical (unpaired) electrons. The number of rotatable bonds is 5. The number of H-pyrrole nitrogens is 1. The van der Waals surface area contributed by atoms with E-state index in [9.17, 15) is 0 Å². The van der Waals surface area contributed by atoms with Crippen LogP contribution in [0.5, 0.6) is 0 Å². The number of hydrogen-bond donors (Lipinski definition) is 2. The van der Waals surface area contributed by atoms with Crippen molar-refractivity contribution in [3.63, 3.8) is 0 Å². The van der Waals surface area contributed by atoms with Crippen molar-refractivity contribution >= 4 is 39.4 Å². The SMILES string of the molecule is CCNc1nnc(CSc2ncnc3nc[nH]c23)s1. The number of anilines is 1. The fraction of sp³-hybridized carbons (Fsp3) is 0.300. The summed E-state index contributed by atoms with van der Waals surface area (Å²) in [4.78, 5) is 15.5. The lowest BCUT2D eigenvalue weighted by Gasteiger charge is -1.98. The molecule has 98 valence electrons. The summed E-state index contributed by atoms with van der Waals surface area (Å²) in [7, 11) is 0. The molecule has 2 N–H and O–H groups in total. The minimum absolute atomic E-state index is 0.683. The zero-order valence-electron chi connectivity index (χ0n) is 10.1. The van der Waals surface area contributed by atoms with Gasteiger partial charge in [-0.15, -0.1) is 10.2 Å². The van der Waals surface area contributed by atoms with Crippen molar-refractivity contribution in [1.82, 2.24) is 30.1 Å². The molecule has 0 aromatic carbocycles. The topological polar surface area (TPSA) is 92.3 Å². The standard InChI is InChI=1S/C10H11N7S2/c1-2-11-10-17-16-6(19-10)3-18-9-7-8(13-4-12-7)14-5-15-9/h4-5H,2-3H2,1H3,(H,11,17)(H,12,13,14,15). The van der Waals surface area contributed by atoms with E-state index in [-0.39, 0.29) is 0 Å². The Hall–Kier alpha value is -1.74. The van der Waals surface area contributed by atoms with Crippen LogP contribution in [0.4, 0.5) is 5.13 Å². The highest BCUT2D eigenvalue weighted by atomic mass is 32.2. The third-order valence-corrected chi connectivity index (χ3v) is 4.38. The molecule has 0 atom stereocenters. The number of aromatic amines is 1. The Kier molecular flexibility index (Phi) is 3.56. The number of hydrogen-bond acceptors (Lipinski definition) is 8. The predicted molar refractivity (Wildman–Crippen MR) is 75.3 cm³/mol. The Bertz CT molecular complexity index is 677. The number of nitrogens with one attached hydrogen (secondary N) is 2. The highest BCUT2D eigenvalue weighted by Gasteiger charge is 2.09. The molecule has 3 aromatic rings. The van der Waals surface area contributed by atoms with Crippen molar-refractivity contribution in [3.8, 4) is 0 Å². The Morgan fingerprint density at radius 1 is 1.32 bits per heavy atom. The molecule has 0 bridgehead atoms. The molecule has 9 heteroatoms. The lowest BCUT2D eigenvalue weighted by Crippen LogP contribution is -1.94. The van der Waals surface area contributed by atoms with Crippen molar-refractivity contribution in [2.24, 2.45) is 0 Å². The minimum atomic E-state index is 0.683. The summed E-state index contributed by atoms with van der Waals surface area (Å²) < 4.78 is 0. The summed E-state index contributed by atoms with van der Waals surface area (Å²) in [6.07, 6.45) is 3.15. The molecule has 0 aliphatic carbocycles. The van der Waals surface area contributed by atoms with Gasteiger partial charge in [-0.3, -0.25) is 0 Å². The summed E-state index contributed by atoms with van der Waals surface area (Å²) in [5, 5.41) is 14.0.